The van der Waals surface area contributed by atoms with E-state index >= 15 is 0 Å². The predicted octanol–water partition coefficient (Wildman–Crippen LogP) is 1.29. The summed E-state index contributed by atoms with van der Waals surface area (Å²) in [6, 6.07) is 10.9. The molecule has 0 radical (unpaired) electrons. The summed E-state index contributed by atoms with van der Waals surface area (Å²) in [5.41, 5.74) is 5.67. The van der Waals surface area contributed by atoms with Gasteiger partial charge in [0.15, 0.2) is 12.4 Å². The number of hydrogen-bond acceptors (Lipinski definition) is 7. The van der Waals surface area contributed by atoms with Crippen molar-refractivity contribution in [2.75, 3.05) is 6.61 Å². The molecule has 9 heteroatoms. The van der Waals surface area contributed by atoms with Crippen molar-refractivity contribution in [2.24, 2.45) is 5.73 Å². The standard InChI is InChI=1S/C17H12N4O3S2/c18-14(22)9-24-11-5-3-10(4-6-11)8-13-16(23)21-17(26-13)19-15(20-21)12-2-1-7-25-12/h1-8H,9H2,(H2,18,22). The van der Waals surface area contributed by atoms with Gasteiger partial charge in [-0.25, -0.2) is 0 Å². The molecular formula is C17H12N4O3S2. The van der Waals surface area contributed by atoms with Gasteiger partial charge in [-0.15, -0.1) is 16.4 Å². The van der Waals surface area contributed by atoms with Crippen LogP contribution in [0.25, 0.3) is 21.7 Å². The van der Waals surface area contributed by atoms with Gasteiger partial charge in [0.2, 0.25) is 4.96 Å². The molecule has 0 bridgehead atoms. The van der Waals surface area contributed by atoms with Crippen LogP contribution < -0.4 is 20.6 Å². The number of benzene rings is 1. The number of carbonyl (C=O) groups excluding carboxylic acids is 1. The fourth-order valence-corrected chi connectivity index (χ4v) is 3.87. The Labute approximate surface area is 155 Å². The zero-order valence-corrected chi connectivity index (χ0v) is 14.9. The second kappa shape index (κ2) is 6.70. The predicted molar refractivity (Wildman–Crippen MR) is 100 cm³/mol. The van der Waals surface area contributed by atoms with Crippen LogP contribution in [0.15, 0.2) is 46.6 Å². The first-order valence-corrected chi connectivity index (χ1v) is 9.26. The molecular weight excluding hydrogens is 372 g/mol. The SMILES string of the molecule is NC(=O)COc1ccc(C=c2sc3nc(-c4cccs4)nn3c2=O)cc1. The Hall–Kier alpha value is -3.04. The van der Waals surface area contributed by atoms with Crippen LogP contribution in [-0.4, -0.2) is 27.1 Å². The Morgan fingerprint density at radius 3 is 2.73 bits per heavy atom. The maximum absolute atomic E-state index is 12.5. The van der Waals surface area contributed by atoms with Crippen molar-refractivity contribution in [2.45, 2.75) is 0 Å². The van der Waals surface area contributed by atoms with E-state index in [9.17, 15) is 9.59 Å². The van der Waals surface area contributed by atoms with Crippen molar-refractivity contribution < 1.29 is 9.53 Å². The summed E-state index contributed by atoms with van der Waals surface area (Å²) >= 11 is 2.82. The minimum Gasteiger partial charge on any atom is -0.484 e. The largest absolute Gasteiger partial charge is 0.484 e. The molecule has 26 heavy (non-hydrogen) atoms. The van der Waals surface area contributed by atoms with Crippen molar-refractivity contribution in [1.82, 2.24) is 14.6 Å². The Morgan fingerprint density at radius 1 is 1.27 bits per heavy atom. The van der Waals surface area contributed by atoms with E-state index in [4.69, 9.17) is 10.5 Å². The third-order valence-corrected chi connectivity index (χ3v) is 5.31. The van der Waals surface area contributed by atoms with Crippen LogP contribution in [0.4, 0.5) is 0 Å². The average molecular weight is 384 g/mol. The highest BCUT2D eigenvalue weighted by molar-refractivity contribution is 7.15. The van der Waals surface area contributed by atoms with Crippen LogP contribution in [-0.2, 0) is 4.79 Å². The maximum Gasteiger partial charge on any atom is 0.291 e. The average Bonchev–Trinajstić information content (AvgIpc) is 3.33. The third kappa shape index (κ3) is 3.22. The molecule has 0 spiro atoms. The number of primary amides is 1. The molecule has 0 atom stereocenters. The van der Waals surface area contributed by atoms with Crippen LogP contribution in [0.5, 0.6) is 5.75 Å². The number of hydrogen-bond donors (Lipinski definition) is 1. The zero-order valence-electron chi connectivity index (χ0n) is 13.3. The topological polar surface area (TPSA) is 99.6 Å². The van der Waals surface area contributed by atoms with Crippen molar-refractivity contribution in [3.05, 3.63) is 62.2 Å². The Bertz CT molecular complexity index is 1180. The van der Waals surface area contributed by atoms with E-state index in [1.165, 1.54) is 27.2 Å². The van der Waals surface area contributed by atoms with Gasteiger partial charge in [-0.2, -0.15) is 9.50 Å². The number of rotatable bonds is 5. The molecule has 4 rings (SSSR count). The van der Waals surface area contributed by atoms with Gasteiger partial charge >= 0.3 is 0 Å². The van der Waals surface area contributed by atoms with Gasteiger partial charge in [0.05, 0.1) is 9.41 Å². The molecule has 0 fully saturated rings. The van der Waals surface area contributed by atoms with E-state index in [1.54, 1.807) is 30.3 Å². The number of nitrogens with two attached hydrogens (primary N) is 1. The number of thiophene rings is 1. The highest BCUT2D eigenvalue weighted by Gasteiger charge is 2.12. The molecule has 1 aromatic carbocycles. The summed E-state index contributed by atoms with van der Waals surface area (Å²) in [4.78, 5) is 29.2. The first kappa shape index (κ1) is 16.4. The van der Waals surface area contributed by atoms with Crippen molar-refractivity contribution in [3.63, 3.8) is 0 Å². The fraction of sp³-hybridized carbons (Fsp3) is 0.0588. The van der Waals surface area contributed by atoms with Crippen LogP contribution >= 0.6 is 22.7 Å². The van der Waals surface area contributed by atoms with Gasteiger partial charge in [0, 0.05) is 0 Å². The lowest BCUT2D eigenvalue weighted by molar-refractivity contribution is -0.119. The molecule has 0 aliphatic heterocycles. The second-order valence-electron chi connectivity index (χ2n) is 5.35. The van der Waals surface area contributed by atoms with Crippen molar-refractivity contribution >= 4 is 39.6 Å². The van der Waals surface area contributed by atoms with Crippen LogP contribution in [0, 0.1) is 0 Å². The number of fused-ring (bicyclic) bond motifs is 1. The molecule has 3 heterocycles. The molecule has 0 saturated carbocycles. The van der Waals surface area contributed by atoms with Crippen molar-refractivity contribution in [3.8, 4) is 16.5 Å². The molecule has 0 aliphatic rings. The molecule has 7 nitrogen and oxygen atoms in total. The first-order valence-electron chi connectivity index (χ1n) is 7.56. The molecule has 0 saturated heterocycles. The Balaban J connectivity index is 1.64. The molecule has 2 N–H and O–H groups in total. The lowest BCUT2D eigenvalue weighted by Crippen LogP contribution is -2.23. The summed E-state index contributed by atoms with van der Waals surface area (Å²) in [6.07, 6.45) is 1.77. The molecule has 130 valence electrons. The van der Waals surface area contributed by atoms with Gasteiger partial charge in [-0.05, 0) is 35.2 Å². The van der Waals surface area contributed by atoms with Crippen LogP contribution in [0.3, 0.4) is 0 Å². The summed E-state index contributed by atoms with van der Waals surface area (Å²) in [5, 5.41) is 6.25. The number of ether oxygens (including phenoxy) is 1. The number of carbonyl (C=O) groups is 1. The van der Waals surface area contributed by atoms with Crippen LogP contribution in [0.1, 0.15) is 5.56 Å². The van der Waals surface area contributed by atoms with Gasteiger partial charge in [-0.1, -0.05) is 29.5 Å². The fourth-order valence-electron chi connectivity index (χ4n) is 2.31. The number of aromatic nitrogens is 3. The first-order chi connectivity index (χ1) is 12.6. The van der Waals surface area contributed by atoms with E-state index in [0.29, 0.717) is 21.1 Å². The van der Waals surface area contributed by atoms with Gasteiger partial charge in [0.25, 0.3) is 11.5 Å². The summed E-state index contributed by atoms with van der Waals surface area (Å²) in [6.45, 7) is -0.172. The smallest absolute Gasteiger partial charge is 0.291 e. The summed E-state index contributed by atoms with van der Waals surface area (Å²) < 4.78 is 7.08. The minimum atomic E-state index is -0.534. The number of thiazole rings is 1. The van der Waals surface area contributed by atoms with Crippen molar-refractivity contribution in [1.29, 1.82) is 0 Å². The molecule has 1 amide bonds. The quantitative estimate of drug-likeness (QED) is 0.559. The van der Waals surface area contributed by atoms with E-state index < -0.39 is 5.91 Å². The normalized spacial score (nSPS) is 11.9. The molecule has 3 aromatic heterocycles. The van der Waals surface area contributed by atoms with Crippen LogP contribution in [0.2, 0.25) is 0 Å². The maximum atomic E-state index is 12.5. The molecule has 0 unspecified atom stereocenters. The van der Waals surface area contributed by atoms with E-state index in [-0.39, 0.29) is 12.2 Å². The zero-order chi connectivity index (χ0) is 18.1. The van der Waals surface area contributed by atoms with E-state index in [1.807, 2.05) is 17.5 Å². The van der Waals surface area contributed by atoms with Gasteiger partial charge in [0.1, 0.15) is 5.75 Å². The monoisotopic (exact) mass is 384 g/mol. The highest BCUT2D eigenvalue weighted by atomic mass is 32.1. The Kier molecular flexibility index (Phi) is 4.23. The second-order valence-corrected chi connectivity index (χ2v) is 7.30. The highest BCUT2D eigenvalue weighted by Crippen LogP contribution is 2.21. The molecule has 4 aromatic rings. The third-order valence-electron chi connectivity index (χ3n) is 3.48. The summed E-state index contributed by atoms with van der Waals surface area (Å²) in [5.74, 6) is 0.561. The van der Waals surface area contributed by atoms with E-state index in [2.05, 4.69) is 10.1 Å². The van der Waals surface area contributed by atoms with Gasteiger partial charge in [-0.3, -0.25) is 9.59 Å². The lowest BCUT2D eigenvalue weighted by Gasteiger charge is -2.03. The van der Waals surface area contributed by atoms with E-state index in [0.717, 1.165) is 10.4 Å². The lowest BCUT2D eigenvalue weighted by atomic mass is 10.2. The number of nitrogens with zero attached hydrogens (tertiary/aromatic N) is 3. The minimum absolute atomic E-state index is 0.172. The van der Waals surface area contributed by atoms with Gasteiger partial charge < -0.3 is 10.5 Å². The summed E-state index contributed by atoms with van der Waals surface area (Å²) in [7, 11) is 0. The Morgan fingerprint density at radius 2 is 2.08 bits per heavy atom. The molecule has 0 aliphatic carbocycles. The number of amides is 1.